The third-order valence-electron chi connectivity index (χ3n) is 4.00. The monoisotopic (exact) mass is 372 g/mol. The Morgan fingerprint density at radius 2 is 1.81 bits per heavy atom. The average molecular weight is 373 g/mol. The summed E-state index contributed by atoms with van der Waals surface area (Å²) >= 11 is 5.87. The quantitative estimate of drug-likeness (QED) is 0.742. The first-order valence-electron chi connectivity index (χ1n) is 8.14. The van der Waals surface area contributed by atoms with E-state index in [2.05, 4.69) is 0 Å². The number of carboxylic acid groups (broad SMARTS) is 1. The van der Waals surface area contributed by atoms with E-state index in [4.69, 9.17) is 26.2 Å². The van der Waals surface area contributed by atoms with Crippen molar-refractivity contribution in [2.24, 2.45) is 0 Å². The first-order valence-corrected chi connectivity index (χ1v) is 8.52. The highest BCUT2D eigenvalue weighted by Crippen LogP contribution is 2.35. The van der Waals surface area contributed by atoms with Crippen molar-refractivity contribution in [2.45, 2.75) is 25.6 Å². The van der Waals surface area contributed by atoms with E-state index >= 15 is 0 Å². The molecule has 2 aromatic rings. The lowest BCUT2D eigenvalue weighted by molar-refractivity contribution is -0.145. The topological polar surface area (TPSA) is 72.8 Å². The second kappa shape index (κ2) is 8.06. The molecule has 134 valence electrons. The van der Waals surface area contributed by atoms with Crippen LogP contribution < -0.4 is 0 Å². The molecule has 26 heavy (non-hydrogen) atoms. The predicted octanol–water partition coefficient (Wildman–Crippen LogP) is 4.06. The summed E-state index contributed by atoms with van der Waals surface area (Å²) in [6.07, 6.45) is -0.543. The van der Waals surface area contributed by atoms with Crippen molar-refractivity contribution in [1.82, 2.24) is 0 Å². The Hall–Kier alpha value is -2.79. The van der Waals surface area contributed by atoms with E-state index in [1.807, 2.05) is 42.5 Å². The highest BCUT2D eigenvalue weighted by Gasteiger charge is 2.36. The molecule has 1 aliphatic heterocycles. The first-order chi connectivity index (χ1) is 12.5. The van der Waals surface area contributed by atoms with Gasteiger partial charge in [-0.05, 0) is 29.7 Å². The third kappa shape index (κ3) is 4.24. The Labute approximate surface area is 155 Å². The van der Waals surface area contributed by atoms with Gasteiger partial charge in [0.05, 0.1) is 0 Å². The lowest BCUT2D eigenvalue weighted by atomic mass is 9.97. The van der Waals surface area contributed by atoms with Crippen LogP contribution in [0, 0.1) is 0 Å². The summed E-state index contributed by atoms with van der Waals surface area (Å²) in [5, 5.41) is 9.56. The number of aliphatic carboxylic acids is 1. The Morgan fingerprint density at radius 3 is 2.46 bits per heavy atom. The molecule has 1 N–H and O–H groups in total. The van der Waals surface area contributed by atoms with Crippen molar-refractivity contribution < 1.29 is 24.2 Å². The molecule has 1 unspecified atom stereocenters. The average Bonchev–Trinajstić information content (AvgIpc) is 2.96. The van der Waals surface area contributed by atoms with Gasteiger partial charge in [-0.3, -0.25) is 4.79 Å². The van der Waals surface area contributed by atoms with Gasteiger partial charge in [0.1, 0.15) is 12.7 Å². The molecule has 6 heteroatoms. The highest BCUT2D eigenvalue weighted by atomic mass is 35.5. The van der Waals surface area contributed by atoms with E-state index in [-0.39, 0.29) is 25.2 Å². The van der Waals surface area contributed by atoms with Crippen molar-refractivity contribution in [3.63, 3.8) is 0 Å². The van der Waals surface area contributed by atoms with Gasteiger partial charge in [-0.15, -0.1) is 0 Å². The summed E-state index contributed by atoms with van der Waals surface area (Å²) in [5.74, 6) is -1.39. The fraction of sp³-hybridized carbons (Fsp3) is 0.200. The van der Waals surface area contributed by atoms with Crippen LogP contribution in [-0.2, 0) is 25.7 Å². The number of ether oxygens (including phenoxy) is 2. The van der Waals surface area contributed by atoms with Crippen molar-refractivity contribution in [3.8, 4) is 0 Å². The van der Waals surface area contributed by atoms with Crippen LogP contribution in [0.2, 0.25) is 5.02 Å². The number of benzene rings is 2. The summed E-state index contributed by atoms with van der Waals surface area (Å²) in [5.41, 5.74) is 2.22. The van der Waals surface area contributed by atoms with E-state index in [9.17, 15) is 9.59 Å². The van der Waals surface area contributed by atoms with Crippen LogP contribution in [0.5, 0.6) is 0 Å². The number of halogens is 1. The Balaban J connectivity index is 1.87. The standard InChI is InChI=1S/C20H17ClO5/c21-15-8-6-13(7-9-15)12-25-19-18(14-4-2-1-3-5-14)16(26-20(19)24)10-11-17(22)23/h1-9,16H,10-12H2,(H,22,23). The molecule has 0 radical (unpaired) electrons. The number of hydrogen-bond acceptors (Lipinski definition) is 4. The van der Waals surface area contributed by atoms with Crippen LogP contribution in [0.3, 0.4) is 0 Å². The second-order valence-corrected chi connectivity index (χ2v) is 6.29. The van der Waals surface area contributed by atoms with Crippen molar-refractivity contribution in [3.05, 3.63) is 76.5 Å². The molecule has 2 aromatic carbocycles. The van der Waals surface area contributed by atoms with Gasteiger partial charge in [-0.25, -0.2) is 4.79 Å². The van der Waals surface area contributed by atoms with E-state index < -0.39 is 18.0 Å². The molecule has 0 aliphatic carbocycles. The molecule has 1 aliphatic rings. The zero-order valence-electron chi connectivity index (χ0n) is 13.9. The number of rotatable bonds is 7. The summed E-state index contributed by atoms with van der Waals surface area (Å²) in [6.45, 7) is 0.184. The Bertz CT molecular complexity index is 827. The Morgan fingerprint density at radius 1 is 1.12 bits per heavy atom. The van der Waals surface area contributed by atoms with Gasteiger partial charge < -0.3 is 14.6 Å². The predicted molar refractivity (Wildman–Crippen MR) is 96.4 cm³/mol. The van der Waals surface area contributed by atoms with Crippen LogP contribution >= 0.6 is 11.6 Å². The molecule has 1 atom stereocenters. The summed E-state index contributed by atoms with van der Waals surface area (Å²) in [4.78, 5) is 23.2. The number of hydrogen-bond donors (Lipinski definition) is 1. The minimum Gasteiger partial charge on any atom is -0.481 e. The maximum atomic E-state index is 12.3. The molecule has 0 aromatic heterocycles. The molecular weight excluding hydrogens is 356 g/mol. The number of carboxylic acids is 1. The molecule has 0 fully saturated rings. The maximum Gasteiger partial charge on any atom is 0.374 e. The van der Waals surface area contributed by atoms with Crippen LogP contribution in [0.15, 0.2) is 60.4 Å². The molecule has 0 bridgehead atoms. The SMILES string of the molecule is O=C(O)CCC1OC(=O)C(OCc2ccc(Cl)cc2)=C1c1ccccc1. The van der Waals surface area contributed by atoms with E-state index in [0.717, 1.165) is 11.1 Å². The molecule has 0 saturated carbocycles. The van der Waals surface area contributed by atoms with Crippen molar-refractivity contribution in [1.29, 1.82) is 0 Å². The van der Waals surface area contributed by atoms with E-state index in [0.29, 0.717) is 10.6 Å². The minimum atomic E-state index is -0.941. The van der Waals surface area contributed by atoms with Crippen LogP contribution in [-0.4, -0.2) is 23.1 Å². The molecule has 0 amide bonds. The highest BCUT2D eigenvalue weighted by molar-refractivity contribution is 6.30. The van der Waals surface area contributed by atoms with Crippen LogP contribution in [0.25, 0.3) is 5.57 Å². The molecule has 0 saturated heterocycles. The number of esters is 1. The van der Waals surface area contributed by atoms with E-state index in [1.165, 1.54) is 0 Å². The normalized spacial score (nSPS) is 16.5. The number of carbonyl (C=O) groups is 2. The summed E-state index contributed by atoms with van der Waals surface area (Å²) < 4.78 is 11.1. The van der Waals surface area contributed by atoms with Gasteiger partial charge in [-0.2, -0.15) is 0 Å². The van der Waals surface area contributed by atoms with Crippen molar-refractivity contribution in [2.75, 3.05) is 0 Å². The van der Waals surface area contributed by atoms with Gasteiger partial charge in [0.25, 0.3) is 0 Å². The molecule has 5 nitrogen and oxygen atoms in total. The summed E-state index contributed by atoms with van der Waals surface area (Å²) in [7, 11) is 0. The van der Waals surface area contributed by atoms with Gasteiger partial charge in [-0.1, -0.05) is 54.1 Å². The first kappa shape index (κ1) is 18.0. The third-order valence-corrected chi connectivity index (χ3v) is 4.25. The fourth-order valence-electron chi connectivity index (χ4n) is 2.76. The molecular formula is C20H17ClO5. The van der Waals surface area contributed by atoms with Gasteiger partial charge in [0, 0.05) is 17.0 Å². The van der Waals surface area contributed by atoms with Crippen molar-refractivity contribution >= 4 is 29.1 Å². The van der Waals surface area contributed by atoms with Crippen LogP contribution in [0.4, 0.5) is 0 Å². The minimum absolute atomic E-state index is 0.0985. The Kier molecular flexibility index (Phi) is 5.58. The number of carbonyl (C=O) groups excluding carboxylic acids is 1. The van der Waals surface area contributed by atoms with Gasteiger partial charge >= 0.3 is 11.9 Å². The fourth-order valence-corrected chi connectivity index (χ4v) is 2.89. The zero-order valence-corrected chi connectivity index (χ0v) is 14.6. The molecule has 3 rings (SSSR count). The van der Waals surface area contributed by atoms with Gasteiger partial charge in [0.15, 0.2) is 0 Å². The van der Waals surface area contributed by atoms with E-state index in [1.54, 1.807) is 12.1 Å². The smallest absolute Gasteiger partial charge is 0.374 e. The lowest BCUT2D eigenvalue weighted by Crippen LogP contribution is -2.13. The van der Waals surface area contributed by atoms with Crippen LogP contribution in [0.1, 0.15) is 24.0 Å². The summed E-state index contributed by atoms with van der Waals surface area (Å²) in [6, 6.07) is 16.4. The largest absolute Gasteiger partial charge is 0.481 e. The van der Waals surface area contributed by atoms with Gasteiger partial charge in [0.2, 0.25) is 5.76 Å². The molecule has 1 heterocycles. The number of cyclic esters (lactones) is 1. The second-order valence-electron chi connectivity index (χ2n) is 5.85. The lowest BCUT2D eigenvalue weighted by Gasteiger charge is -2.13. The zero-order chi connectivity index (χ0) is 18.5. The maximum absolute atomic E-state index is 12.3. The molecule has 0 spiro atoms.